The van der Waals surface area contributed by atoms with Crippen LogP contribution in [0.5, 0.6) is 0 Å². The van der Waals surface area contributed by atoms with Gasteiger partial charge in [-0.25, -0.2) is 8.42 Å². The summed E-state index contributed by atoms with van der Waals surface area (Å²) < 4.78 is 23.0. The van der Waals surface area contributed by atoms with E-state index in [4.69, 9.17) is 0 Å². The Kier molecular flexibility index (Phi) is 6.13. The molecule has 0 aliphatic rings. The van der Waals surface area contributed by atoms with Crippen molar-refractivity contribution in [2.75, 3.05) is 6.26 Å². The Morgan fingerprint density at radius 3 is 2.48 bits per heavy atom. The van der Waals surface area contributed by atoms with E-state index in [1.165, 1.54) is 12.1 Å². The summed E-state index contributed by atoms with van der Waals surface area (Å²) >= 11 is 0. The van der Waals surface area contributed by atoms with Gasteiger partial charge in [-0.2, -0.15) is 0 Å². The lowest BCUT2D eigenvalue weighted by atomic mass is 10.2. The zero-order valence-electron chi connectivity index (χ0n) is 15.6. The highest BCUT2D eigenvalue weighted by atomic mass is 32.2. The predicted molar refractivity (Wildman–Crippen MR) is 106 cm³/mol. The van der Waals surface area contributed by atoms with Gasteiger partial charge in [-0.15, -0.1) is 10.2 Å². The van der Waals surface area contributed by atoms with Gasteiger partial charge in [0.2, 0.25) is 5.91 Å². The average molecular weight is 413 g/mol. The first-order valence-electron chi connectivity index (χ1n) is 8.76. The lowest BCUT2D eigenvalue weighted by molar-refractivity contribution is -0.121. The smallest absolute Gasteiger partial charge is 0.273 e. The van der Waals surface area contributed by atoms with Crippen LogP contribution in [0.2, 0.25) is 0 Å². The number of benzene rings is 1. The van der Waals surface area contributed by atoms with Crippen molar-refractivity contribution in [1.82, 2.24) is 25.5 Å². The Morgan fingerprint density at radius 2 is 1.86 bits per heavy atom. The predicted octanol–water partition coefficient (Wildman–Crippen LogP) is 0.879. The lowest BCUT2D eigenvalue weighted by Gasteiger charge is -2.05. The topological polar surface area (TPSA) is 135 Å². The SMILES string of the molecule is CS(=O)(=O)c1ccc(-c2nnc(CCC(=O)NCc3ccccn3)c(=O)[nH]2)cc1. The molecule has 1 aromatic carbocycles. The van der Waals surface area contributed by atoms with Crippen molar-refractivity contribution >= 4 is 15.7 Å². The first-order chi connectivity index (χ1) is 13.8. The summed E-state index contributed by atoms with van der Waals surface area (Å²) in [6, 6.07) is 11.4. The molecule has 0 unspecified atom stereocenters. The molecule has 0 saturated heterocycles. The molecule has 1 amide bonds. The highest BCUT2D eigenvalue weighted by molar-refractivity contribution is 7.90. The van der Waals surface area contributed by atoms with Crippen molar-refractivity contribution in [2.24, 2.45) is 0 Å². The number of pyridine rings is 1. The summed E-state index contributed by atoms with van der Waals surface area (Å²) in [6.07, 6.45) is 2.99. The van der Waals surface area contributed by atoms with Crippen molar-refractivity contribution in [2.45, 2.75) is 24.3 Å². The Balaban J connectivity index is 1.61. The van der Waals surface area contributed by atoms with Crippen molar-refractivity contribution < 1.29 is 13.2 Å². The van der Waals surface area contributed by atoms with Gasteiger partial charge >= 0.3 is 0 Å². The van der Waals surface area contributed by atoms with Gasteiger partial charge in [0.25, 0.3) is 5.56 Å². The molecule has 150 valence electrons. The molecule has 2 N–H and O–H groups in total. The Hall–Kier alpha value is -3.40. The molecule has 29 heavy (non-hydrogen) atoms. The number of nitrogens with one attached hydrogen (secondary N) is 2. The second-order valence-electron chi connectivity index (χ2n) is 6.34. The molecule has 0 radical (unpaired) electrons. The lowest BCUT2D eigenvalue weighted by Crippen LogP contribution is -2.25. The molecule has 0 bridgehead atoms. The fraction of sp³-hybridized carbons (Fsp3) is 0.211. The van der Waals surface area contributed by atoms with Crippen molar-refractivity contribution in [3.8, 4) is 11.4 Å². The molecule has 0 aliphatic carbocycles. The molecule has 9 nitrogen and oxygen atoms in total. The maximum Gasteiger partial charge on any atom is 0.273 e. The number of aryl methyl sites for hydroxylation is 1. The fourth-order valence-corrected chi connectivity index (χ4v) is 3.16. The van der Waals surface area contributed by atoms with E-state index < -0.39 is 15.4 Å². The normalized spacial score (nSPS) is 11.2. The third kappa shape index (κ3) is 5.55. The number of carbonyl (C=O) groups is 1. The van der Waals surface area contributed by atoms with Crippen LogP contribution in [0.25, 0.3) is 11.4 Å². The molecule has 3 aromatic rings. The van der Waals surface area contributed by atoms with E-state index in [9.17, 15) is 18.0 Å². The molecule has 0 spiro atoms. The fourth-order valence-electron chi connectivity index (χ4n) is 2.53. The average Bonchev–Trinajstić information content (AvgIpc) is 2.71. The molecule has 0 atom stereocenters. The number of carbonyl (C=O) groups excluding carboxylic acids is 1. The van der Waals surface area contributed by atoms with E-state index in [-0.39, 0.29) is 35.2 Å². The van der Waals surface area contributed by atoms with Crippen LogP contribution in [0.1, 0.15) is 17.8 Å². The minimum Gasteiger partial charge on any atom is -0.350 e. The summed E-state index contributed by atoms with van der Waals surface area (Å²) in [7, 11) is -3.30. The summed E-state index contributed by atoms with van der Waals surface area (Å²) in [6.45, 7) is 0.310. The standard InChI is InChI=1S/C19H19N5O4S/c1-29(27,28)15-7-5-13(6-8-15)18-22-19(26)16(23-24-18)9-10-17(25)21-12-14-4-2-3-11-20-14/h2-8,11H,9-10,12H2,1H3,(H,21,25)(H,22,24,26). The summed E-state index contributed by atoms with van der Waals surface area (Å²) in [5.41, 5.74) is 0.973. The number of hydrogen-bond donors (Lipinski definition) is 2. The molecule has 3 rings (SSSR count). The minimum absolute atomic E-state index is 0.0903. The maximum absolute atomic E-state index is 12.2. The van der Waals surface area contributed by atoms with Crippen LogP contribution in [0, 0.1) is 0 Å². The Bertz CT molecular complexity index is 1160. The Morgan fingerprint density at radius 1 is 1.10 bits per heavy atom. The van der Waals surface area contributed by atoms with Crippen LogP contribution in [-0.4, -0.2) is 40.7 Å². The minimum atomic E-state index is -3.30. The summed E-state index contributed by atoms with van der Waals surface area (Å²) in [4.78, 5) is 31.1. The van der Waals surface area contributed by atoms with Crippen LogP contribution in [-0.2, 0) is 27.6 Å². The molecular weight excluding hydrogens is 394 g/mol. The van der Waals surface area contributed by atoms with E-state index in [0.29, 0.717) is 12.1 Å². The van der Waals surface area contributed by atoms with Crippen molar-refractivity contribution in [3.63, 3.8) is 0 Å². The monoisotopic (exact) mass is 413 g/mol. The van der Waals surface area contributed by atoms with Gasteiger partial charge in [-0.1, -0.05) is 6.07 Å². The summed E-state index contributed by atoms with van der Waals surface area (Å²) in [5.74, 6) is -0.00398. The molecule has 0 fully saturated rings. The van der Waals surface area contributed by atoms with E-state index in [1.807, 2.05) is 6.07 Å². The highest BCUT2D eigenvalue weighted by Gasteiger charge is 2.11. The van der Waals surface area contributed by atoms with Gasteiger partial charge in [0, 0.05) is 30.9 Å². The molecule has 10 heteroatoms. The number of aromatic nitrogens is 4. The van der Waals surface area contributed by atoms with Crippen LogP contribution in [0.4, 0.5) is 0 Å². The van der Waals surface area contributed by atoms with Crippen molar-refractivity contribution in [1.29, 1.82) is 0 Å². The molecule has 2 heterocycles. The number of nitrogens with zero attached hydrogens (tertiary/aromatic N) is 3. The van der Waals surface area contributed by atoms with Gasteiger partial charge in [0.1, 0.15) is 5.69 Å². The number of amides is 1. The number of H-pyrrole nitrogens is 1. The van der Waals surface area contributed by atoms with Crippen molar-refractivity contribution in [3.05, 3.63) is 70.4 Å². The number of sulfone groups is 1. The van der Waals surface area contributed by atoms with Gasteiger partial charge in [0.15, 0.2) is 15.7 Å². The molecule has 2 aromatic heterocycles. The largest absolute Gasteiger partial charge is 0.350 e. The molecule has 0 saturated carbocycles. The first kappa shape index (κ1) is 20.3. The van der Waals surface area contributed by atoms with E-state index in [0.717, 1.165) is 11.9 Å². The van der Waals surface area contributed by atoms with E-state index in [1.54, 1.807) is 30.5 Å². The first-order valence-corrected chi connectivity index (χ1v) is 10.6. The van der Waals surface area contributed by atoms with Gasteiger partial charge in [-0.3, -0.25) is 14.6 Å². The molecule has 0 aliphatic heterocycles. The number of aromatic amines is 1. The van der Waals surface area contributed by atoms with Gasteiger partial charge in [0.05, 0.1) is 17.1 Å². The second-order valence-corrected chi connectivity index (χ2v) is 8.36. The molecular formula is C19H19N5O4S. The quantitative estimate of drug-likeness (QED) is 0.587. The van der Waals surface area contributed by atoms with E-state index >= 15 is 0 Å². The van der Waals surface area contributed by atoms with Crippen LogP contribution < -0.4 is 10.9 Å². The zero-order valence-corrected chi connectivity index (χ0v) is 16.4. The van der Waals surface area contributed by atoms with E-state index in [2.05, 4.69) is 25.5 Å². The second kappa shape index (κ2) is 8.74. The van der Waals surface area contributed by atoms with Crippen LogP contribution >= 0.6 is 0 Å². The zero-order chi connectivity index (χ0) is 20.9. The van der Waals surface area contributed by atoms with Gasteiger partial charge < -0.3 is 10.3 Å². The third-order valence-electron chi connectivity index (χ3n) is 4.10. The van der Waals surface area contributed by atoms with Gasteiger partial charge in [-0.05, 0) is 36.4 Å². The maximum atomic E-state index is 12.2. The number of hydrogen-bond acceptors (Lipinski definition) is 7. The third-order valence-corrected chi connectivity index (χ3v) is 5.23. The summed E-state index contributed by atoms with van der Waals surface area (Å²) in [5, 5.41) is 10.6. The highest BCUT2D eigenvalue weighted by Crippen LogP contribution is 2.16. The number of rotatable bonds is 7. The Labute approximate surface area is 167 Å². The van der Waals surface area contributed by atoms with Crippen LogP contribution in [0.3, 0.4) is 0 Å². The van der Waals surface area contributed by atoms with Crippen LogP contribution in [0.15, 0.2) is 58.4 Å².